The van der Waals surface area contributed by atoms with Crippen LogP contribution in [0.2, 0.25) is 0 Å². The van der Waals surface area contributed by atoms with Crippen molar-refractivity contribution in [1.29, 1.82) is 0 Å². The molecule has 1 aromatic rings. The first-order valence-corrected chi connectivity index (χ1v) is 6.64. The summed E-state index contributed by atoms with van der Waals surface area (Å²) in [6.07, 6.45) is 1.12. The summed E-state index contributed by atoms with van der Waals surface area (Å²) in [6.45, 7) is 11.5. The lowest BCUT2D eigenvalue weighted by Crippen LogP contribution is -2.23. The first kappa shape index (κ1) is 11.9. The van der Waals surface area contributed by atoms with Crippen LogP contribution in [-0.4, -0.2) is 11.5 Å². The van der Waals surface area contributed by atoms with Gasteiger partial charge in [0.05, 0.1) is 16.2 Å². The predicted octanol–water partition coefficient (Wildman–Crippen LogP) is 3.47. The van der Waals surface area contributed by atoms with E-state index in [9.17, 15) is 0 Å². The first-order chi connectivity index (χ1) is 7.37. The van der Waals surface area contributed by atoms with E-state index in [0.29, 0.717) is 0 Å². The maximum Gasteiger partial charge on any atom is 0.183 e. The lowest BCUT2D eigenvalue weighted by molar-refractivity contribution is -0.105. The molecule has 1 aliphatic heterocycles. The van der Waals surface area contributed by atoms with E-state index < -0.39 is 0 Å². The first-order valence-electron chi connectivity index (χ1n) is 5.82. The molecule has 4 heteroatoms. The number of anilines is 1. The number of hydrogen-bond acceptors (Lipinski definition) is 4. The number of ether oxygens (including phenoxy) is 1. The molecule has 0 saturated carbocycles. The third kappa shape index (κ3) is 1.84. The second kappa shape index (κ2) is 3.70. The summed E-state index contributed by atoms with van der Waals surface area (Å²) in [4.78, 5) is 5.92. The summed E-state index contributed by atoms with van der Waals surface area (Å²) in [7, 11) is 0. The zero-order valence-electron chi connectivity index (χ0n) is 10.7. The van der Waals surface area contributed by atoms with Crippen molar-refractivity contribution in [3.8, 4) is 0 Å². The quantitative estimate of drug-likeness (QED) is 0.878. The van der Waals surface area contributed by atoms with Gasteiger partial charge in [0, 0.05) is 6.54 Å². The molecule has 0 bridgehead atoms. The van der Waals surface area contributed by atoms with Gasteiger partial charge in [0.25, 0.3) is 0 Å². The Balaban J connectivity index is 2.33. The Hall–Kier alpha value is -0.610. The number of hydrogen-bond donors (Lipinski definition) is 1. The van der Waals surface area contributed by atoms with E-state index in [4.69, 9.17) is 4.74 Å². The van der Waals surface area contributed by atoms with Crippen LogP contribution in [0.4, 0.5) is 5.13 Å². The van der Waals surface area contributed by atoms with Gasteiger partial charge in [-0.15, -0.1) is 0 Å². The molecular formula is C12H20N2OS. The van der Waals surface area contributed by atoms with Crippen molar-refractivity contribution >= 4 is 16.5 Å². The van der Waals surface area contributed by atoms with Crippen LogP contribution in [0.15, 0.2) is 0 Å². The average molecular weight is 240 g/mol. The second-order valence-corrected chi connectivity index (χ2v) is 6.25. The molecule has 0 aliphatic carbocycles. The molecule has 0 spiro atoms. The minimum absolute atomic E-state index is 0.206. The fourth-order valence-corrected chi connectivity index (χ4v) is 3.36. The molecule has 16 heavy (non-hydrogen) atoms. The van der Waals surface area contributed by atoms with Crippen LogP contribution in [0.5, 0.6) is 0 Å². The fraction of sp³-hybridized carbons (Fsp3) is 0.750. The molecule has 1 N–H and O–H groups in total. The number of rotatable bonds is 3. The summed E-state index contributed by atoms with van der Waals surface area (Å²) in [6, 6.07) is 0. The van der Waals surface area contributed by atoms with Crippen molar-refractivity contribution in [1.82, 2.24) is 4.98 Å². The van der Waals surface area contributed by atoms with Gasteiger partial charge >= 0.3 is 0 Å². The van der Waals surface area contributed by atoms with Crippen LogP contribution in [0, 0.1) is 0 Å². The van der Waals surface area contributed by atoms with Crippen molar-refractivity contribution in [2.24, 2.45) is 0 Å². The topological polar surface area (TPSA) is 34.2 Å². The fourth-order valence-electron chi connectivity index (χ4n) is 2.18. The molecule has 1 aromatic heterocycles. The van der Waals surface area contributed by atoms with E-state index in [-0.39, 0.29) is 11.2 Å². The highest BCUT2D eigenvalue weighted by Crippen LogP contribution is 2.49. The van der Waals surface area contributed by atoms with Crippen LogP contribution in [0.25, 0.3) is 0 Å². The predicted molar refractivity (Wildman–Crippen MR) is 68.0 cm³/mol. The average Bonchev–Trinajstić information content (AvgIpc) is 2.63. The Morgan fingerprint density at radius 1 is 1.25 bits per heavy atom. The van der Waals surface area contributed by atoms with Crippen LogP contribution < -0.4 is 5.32 Å². The normalized spacial score (nSPS) is 20.8. The number of fused-ring (bicyclic) bond motifs is 1. The van der Waals surface area contributed by atoms with E-state index in [1.165, 1.54) is 4.88 Å². The molecule has 0 unspecified atom stereocenters. The molecule has 2 heterocycles. The number of nitrogens with zero attached hydrogens (tertiary/aromatic N) is 1. The zero-order chi connectivity index (χ0) is 12.0. The van der Waals surface area contributed by atoms with Gasteiger partial charge in [-0.2, -0.15) is 0 Å². The van der Waals surface area contributed by atoms with Gasteiger partial charge in [-0.05, 0) is 34.1 Å². The summed E-state index contributed by atoms with van der Waals surface area (Å²) < 4.78 is 6.03. The van der Waals surface area contributed by atoms with Gasteiger partial charge in [-0.1, -0.05) is 18.3 Å². The summed E-state index contributed by atoms with van der Waals surface area (Å²) in [5.41, 5.74) is 0.630. The molecule has 0 atom stereocenters. The van der Waals surface area contributed by atoms with E-state index >= 15 is 0 Å². The van der Waals surface area contributed by atoms with E-state index in [1.54, 1.807) is 11.3 Å². The van der Waals surface area contributed by atoms with Gasteiger partial charge in [-0.25, -0.2) is 4.98 Å². The summed E-state index contributed by atoms with van der Waals surface area (Å²) in [5, 5.41) is 4.38. The van der Waals surface area contributed by atoms with Crippen molar-refractivity contribution in [3.05, 3.63) is 10.6 Å². The van der Waals surface area contributed by atoms with Crippen molar-refractivity contribution in [3.63, 3.8) is 0 Å². The number of nitrogens with one attached hydrogen (secondary N) is 1. The van der Waals surface area contributed by atoms with Crippen molar-refractivity contribution in [2.45, 2.75) is 52.2 Å². The standard InChI is InChI=1S/C12H20N2OS/c1-6-7-13-10-14-8-9(16-10)12(4,5)15-11(8,2)3/h6-7H2,1-5H3,(H,13,14). The van der Waals surface area contributed by atoms with Crippen LogP contribution >= 0.6 is 11.3 Å². The Morgan fingerprint density at radius 2 is 1.94 bits per heavy atom. The highest BCUT2D eigenvalue weighted by molar-refractivity contribution is 7.15. The van der Waals surface area contributed by atoms with Gasteiger partial charge in [0.15, 0.2) is 5.13 Å². The molecule has 0 radical (unpaired) electrons. The molecule has 0 amide bonds. The lowest BCUT2D eigenvalue weighted by atomic mass is 10.0. The molecule has 2 rings (SSSR count). The minimum Gasteiger partial charge on any atom is -0.362 e. The van der Waals surface area contributed by atoms with Crippen LogP contribution in [-0.2, 0) is 15.9 Å². The Kier molecular flexibility index (Phi) is 2.75. The van der Waals surface area contributed by atoms with Crippen molar-refractivity contribution in [2.75, 3.05) is 11.9 Å². The molecule has 0 fully saturated rings. The molecule has 1 aliphatic rings. The highest BCUT2D eigenvalue weighted by atomic mass is 32.1. The SMILES string of the molecule is CCCNc1nc2c(s1)C(C)(C)OC2(C)C. The van der Waals surface area contributed by atoms with Gasteiger partial charge < -0.3 is 10.1 Å². The van der Waals surface area contributed by atoms with Crippen molar-refractivity contribution < 1.29 is 4.74 Å². The highest BCUT2D eigenvalue weighted by Gasteiger charge is 2.46. The molecular weight excluding hydrogens is 220 g/mol. The maximum absolute atomic E-state index is 6.03. The van der Waals surface area contributed by atoms with Gasteiger partial charge in [0.1, 0.15) is 5.60 Å². The lowest BCUT2D eigenvalue weighted by Gasteiger charge is -2.24. The van der Waals surface area contributed by atoms with E-state index in [0.717, 1.165) is 23.8 Å². The van der Waals surface area contributed by atoms with Gasteiger partial charge in [-0.3, -0.25) is 0 Å². The van der Waals surface area contributed by atoms with Crippen LogP contribution in [0.3, 0.4) is 0 Å². The third-order valence-electron chi connectivity index (χ3n) is 2.78. The largest absolute Gasteiger partial charge is 0.362 e. The smallest absolute Gasteiger partial charge is 0.183 e. The molecule has 0 aromatic carbocycles. The molecule has 0 saturated heterocycles. The maximum atomic E-state index is 6.03. The Labute approximate surface area is 101 Å². The summed E-state index contributed by atoms with van der Waals surface area (Å²) >= 11 is 1.72. The number of thiazole rings is 1. The summed E-state index contributed by atoms with van der Waals surface area (Å²) in [5.74, 6) is 0. The van der Waals surface area contributed by atoms with E-state index in [2.05, 4.69) is 44.9 Å². The third-order valence-corrected chi connectivity index (χ3v) is 4.10. The van der Waals surface area contributed by atoms with Crippen LogP contribution in [0.1, 0.15) is 51.6 Å². The minimum atomic E-state index is -0.262. The van der Waals surface area contributed by atoms with E-state index in [1.807, 2.05) is 0 Å². The monoisotopic (exact) mass is 240 g/mol. The number of aromatic nitrogens is 1. The Morgan fingerprint density at radius 3 is 2.50 bits per heavy atom. The molecule has 90 valence electrons. The zero-order valence-corrected chi connectivity index (χ0v) is 11.5. The Bertz CT molecular complexity index is 364. The van der Waals surface area contributed by atoms with Gasteiger partial charge in [0.2, 0.25) is 0 Å². The molecule has 3 nitrogen and oxygen atoms in total. The second-order valence-electron chi connectivity index (χ2n) is 5.25.